The maximum absolute atomic E-state index is 11.4. The minimum atomic E-state index is -0.245. The molecule has 0 aliphatic carbocycles. The summed E-state index contributed by atoms with van der Waals surface area (Å²) in [6.45, 7) is 6.68. The van der Waals surface area contributed by atoms with Crippen molar-refractivity contribution in [2.45, 2.75) is 26.4 Å². The van der Waals surface area contributed by atoms with Crippen LogP contribution in [0.15, 0.2) is 0 Å². The molecular formula is C9H18BrNO2. The molecule has 0 unspecified atom stereocenters. The molecule has 0 bridgehead atoms. The van der Waals surface area contributed by atoms with E-state index in [1.807, 2.05) is 20.8 Å². The lowest BCUT2D eigenvalue weighted by Gasteiger charge is -2.22. The Hall–Kier alpha value is -0.0900. The van der Waals surface area contributed by atoms with Gasteiger partial charge in [0.15, 0.2) is 0 Å². The molecule has 13 heavy (non-hydrogen) atoms. The van der Waals surface area contributed by atoms with Crippen LogP contribution in [0.2, 0.25) is 0 Å². The Morgan fingerprint density at radius 1 is 1.46 bits per heavy atom. The summed E-state index contributed by atoms with van der Waals surface area (Å²) in [5, 5.41) is 0.796. The SMILES string of the molecule is CN(CCBr)C(=O)COC(C)(C)C. The summed E-state index contributed by atoms with van der Waals surface area (Å²) in [5.74, 6) is 0.0226. The zero-order valence-electron chi connectivity index (χ0n) is 8.76. The molecular weight excluding hydrogens is 234 g/mol. The standard InChI is InChI=1S/C9H18BrNO2/c1-9(2,3)13-7-8(12)11(4)6-5-10/h5-7H2,1-4H3. The molecule has 0 aromatic rings. The highest BCUT2D eigenvalue weighted by atomic mass is 79.9. The number of carbonyl (C=O) groups is 1. The fraction of sp³-hybridized carbons (Fsp3) is 0.889. The van der Waals surface area contributed by atoms with Crippen LogP contribution in [0.1, 0.15) is 20.8 Å². The first-order valence-electron chi connectivity index (χ1n) is 4.30. The van der Waals surface area contributed by atoms with Gasteiger partial charge in [0.1, 0.15) is 6.61 Å². The summed E-state index contributed by atoms with van der Waals surface area (Å²) >= 11 is 3.27. The topological polar surface area (TPSA) is 29.5 Å². The highest BCUT2D eigenvalue weighted by Crippen LogP contribution is 2.06. The number of alkyl halides is 1. The molecule has 0 spiro atoms. The zero-order chi connectivity index (χ0) is 10.5. The van der Waals surface area contributed by atoms with E-state index in [-0.39, 0.29) is 18.1 Å². The van der Waals surface area contributed by atoms with Gasteiger partial charge in [-0.25, -0.2) is 0 Å². The van der Waals surface area contributed by atoms with Crippen LogP contribution < -0.4 is 0 Å². The van der Waals surface area contributed by atoms with E-state index in [0.29, 0.717) is 6.54 Å². The first-order valence-corrected chi connectivity index (χ1v) is 5.43. The molecule has 0 aliphatic rings. The van der Waals surface area contributed by atoms with Crippen molar-refractivity contribution >= 4 is 21.8 Å². The van der Waals surface area contributed by atoms with Gasteiger partial charge in [-0.05, 0) is 20.8 Å². The molecule has 0 saturated carbocycles. The average molecular weight is 252 g/mol. The largest absolute Gasteiger partial charge is 0.366 e. The van der Waals surface area contributed by atoms with Crippen molar-refractivity contribution in [2.75, 3.05) is 25.5 Å². The van der Waals surface area contributed by atoms with E-state index in [1.54, 1.807) is 11.9 Å². The number of likely N-dealkylation sites (N-methyl/N-ethyl adjacent to an activating group) is 1. The highest BCUT2D eigenvalue weighted by Gasteiger charge is 2.14. The molecule has 0 fully saturated rings. The molecule has 0 aliphatic heterocycles. The summed E-state index contributed by atoms with van der Waals surface area (Å²) in [5.41, 5.74) is -0.245. The maximum Gasteiger partial charge on any atom is 0.248 e. The second-order valence-electron chi connectivity index (χ2n) is 3.91. The van der Waals surface area contributed by atoms with E-state index >= 15 is 0 Å². The van der Waals surface area contributed by atoms with Crippen LogP contribution in [0.25, 0.3) is 0 Å². The fourth-order valence-corrected chi connectivity index (χ4v) is 1.17. The smallest absolute Gasteiger partial charge is 0.248 e. The highest BCUT2D eigenvalue weighted by molar-refractivity contribution is 9.09. The zero-order valence-corrected chi connectivity index (χ0v) is 10.3. The molecule has 0 N–H and O–H groups in total. The molecule has 0 rings (SSSR count). The molecule has 78 valence electrons. The molecule has 1 amide bonds. The first-order chi connectivity index (χ1) is 5.87. The van der Waals surface area contributed by atoms with Gasteiger partial charge in [0.25, 0.3) is 0 Å². The van der Waals surface area contributed by atoms with Gasteiger partial charge in [-0.1, -0.05) is 15.9 Å². The Morgan fingerprint density at radius 3 is 2.38 bits per heavy atom. The minimum Gasteiger partial charge on any atom is -0.366 e. The normalized spacial score (nSPS) is 11.5. The predicted octanol–water partition coefficient (Wildman–Crippen LogP) is 1.65. The van der Waals surface area contributed by atoms with Gasteiger partial charge in [-0.15, -0.1) is 0 Å². The monoisotopic (exact) mass is 251 g/mol. The second kappa shape index (κ2) is 5.60. The van der Waals surface area contributed by atoms with Crippen LogP contribution in [-0.2, 0) is 9.53 Å². The number of nitrogens with zero attached hydrogens (tertiary/aromatic N) is 1. The maximum atomic E-state index is 11.4. The lowest BCUT2D eigenvalue weighted by atomic mass is 10.2. The van der Waals surface area contributed by atoms with Gasteiger partial charge < -0.3 is 9.64 Å². The van der Waals surface area contributed by atoms with Gasteiger partial charge >= 0.3 is 0 Å². The summed E-state index contributed by atoms with van der Waals surface area (Å²) in [4.78, 5) is 13.0. The quantitative estimate of drug-likeness (QED) is 0.712. The molecule has 0 aromatic heterocycles. The number of halogens is 1. The van der Waals surface area contributed by atoms with Gasteiger partial charge in [-0.3, -0.25) is 4.79 Å². The number of hydrogen-bond acceptors (Lipinski definition) is 2. The van der Waals surface area contributed by atoms with E-state index in [0.717, 1.165) is 5.33 Å². The van der Waals surface area contributed by atoms with Gasteiger partial charge in [0.05, 0.1) is 5.60 Å². The Morgan fingerprint density at radius 2 is 2.00 bits per heavy atom. The lowest BCUT2D eigenvalue weighted by molar-refractivity contribution is -0.139. The Balaban J connectivity index is 3.74. The Bertz CT molecular complexity index is 165. The third kappa shape index (κ3) is 7.02. The van der Waals surface area contributed by atoms with Crippen molar-refractivity contribution in [3.05, 3.63) is 0 Å². The van der Waals surface area contributed by atoms with Crippen molar-refractivity contribution < 1.29 is 9.53 Å². The van der Waals surface area contributed by atoms with Crippen molar-refractivity contribution in [3.8, 4) is 0 Å². The Labute approximate surface area is 88.6 Å². The first kappa shape index (κ1) is 12.9. The van der Waals surface area contributed by atoms with E-state index in [2.05, 4.69) is 15.9 Å². The summed E-state index contributed by atoms with van der Waals surface area (Å²) < 4.78 is 5.35. The van der Waals surface area contributed by atoms with Gasteiger partial charge in [0, 0.05) is 18.9 Å². The average Bonchev–Trinajstić information content (AvgIpc) is 1.99. The van der Waals surface area contributed by atoms with Crippen molar-refractivity contribution in [2.24, 2.45) is 0 Å². The summed E-state index contributed by atoms with van der Waals surface area (Å²) in [6, 6.07) is 0. The third-order valence-corrected chi connectivity index (χ3v) is 1.83. The van der Waals surface area contributed by atoms with Crippen molar-refractivity contribution in [3.63, 3.8) is 0 Å². The van der Waals surface area contributed by atoms with E-state index in [4.69, 9.17) is 4.74 Å². The fourth-order valence-electron chi connectivity index (χ4n) is 0.640. The second-order valence-corrected chi connectivity index (χ2v) is 4.70. The van der Waals surface area contributed by atoms with Crippen molar-refractivity contribution in [1.29, 1.82) is 0 Å². The van der Waals surface area contributed by atoms with Crippen LogP contribution in [0.4, 0.5) is 0 Å². The molecule has 3 nitrogen and oxygen atoms in total. The van der Waals surface area contributed by atoms with Crippen LogP contribution in [0.5, 0.6) is 0 Å². The molecule has 0 atom stereocenters. The lowest BCUT2D eigenvalue weighted by Crippen LogP contribution is -2.34. The van der Waals surface area contributed by atoms with Crippen LogP contribution in [0, 0.1) is 0 Å². The molecule has 0 saturated heterocycles. The van der Waals surface area contributed by atoms with E-state index in [1.165, 1.54) is 0 Å². The number of ether oxygens (including phenoxy) is 1. The Kier molecular flexibility index (Phi) is 5.56. The van der Waals surface area contributed by atoms with Crippen LogP contribution in [0.3, 0.4) is 0 Å². The molecule has 4 heteroatoms. The number of amides is 1. The van der Waals surface area contributed by atoms with Gasteiger partial charge in [-0.2, -0.15) is 0 Å². The molecule has 0 aromatic carbocycles. The van der Waals surface area contributed by atoms with Crippen LogP contribution >= 0.6 is 15.9 Å². The summed E-state index contributed by atoms with van der Waals surface area (Å²) in [6.07, 6.45) is 0. The van der Waals surface area contributed by atoms with E-state index < -0.39 is 0 Å². The van der Waals surface area contributed by atoms with Crippen molar-refractivity contribution in [1.82, 2.24) is 4.90 Å². The number of rotatable bonds is 4. The van der Waals surface area contributed by atoms with Crippen LogP contribution in [-0.4, -0.2) is 41.9 Å². The number of hydrogen-bond donors (Lipinski definition) is 0. The predicted molar refractivity (Wildman–Crippen MR) is 57.1 cm³/mol. The number of carbonyl (C=O) groups excluding carboxylic acids is 1. The molecule has 0 heterocycles. The molecule has 0 radical (unpaired) electrons. The third-order valence-electron chi connectivity index (χ3n) is 1.47. The minimum absolute atomic E-state index is 0.0226. The van der Waals surface area contributed by atoms with Gasteiger partial charge in [0.2, 0.25) is 5.91 Å². The van der Waals surface area contributed by atoms with E-state index in [9.17, 15) is 4.79 Å². The summed E-state index contributed by atoms with van der Waals surface area (Å²) in [7, 11) is 1.77.